The van der Waals surface area contributed by atoms with Crippen molar-refractivity contribution in [1.29, 1.82) is 0 Å². The summed E-state index contributed by atoms with van der Waals surface area (Å²) < 4.78 is 27.0. The van der Waals surface area contributed by atoms with Gasteiger partial charge in [-0.25, -0.2) is 8.78 Å². The van der Waals surface area contributed by atoms with Gasteiger partial charge < -0.3 is 15.5 Å². The molecule has 1 saturated heterocycles. The third kappa shape index (κ3) is 5.61. The molecule has 0 spiro atoms. The van der Waals surface area contributed by atoms with E-state index in [4.69, 9.17) is 0 Å². The number of hydrogen-bond donors (Lipinski definition) is 2. The number of carbonyl (C=O) groups excluding carboxylic acids is 2. The number of carbonyl (C=O) groups is 2. The molecule has 0 radical (unpaired) electrons. The smallest absolute Gasteiger partial charge is 0.313 e. The number of aryl methyl sites for hydroxylation is 1. The van der Waals surface area contributed by atoms with E-state index in [9.17, 15) is 18.4 Å². The molecular formula is C22H26F2N4O2. The van der Waals surface area contributed by atoms with Crippen LogP contribution in [0.1, 0.15) is 17.2 Å². The average Bonchev–Trinajstić information content (AvgIpc) is 2.73. The molecule has 160 valence electrons. The third-order valence-electron chi connectivity index (χ3n) is 5.28. The lowest BCUT2D eigenvalue weighted by Crippen LogP contribution is -2.49. The van der Waals surface area contributed by atoms with E-state index in [0.29, 0.717) is 0 Å². The van der Waals surface area contributed by atoms with Gasteiger partial charge in [-0.15, -0.1) is 0 Å². The van der Waals surface area contributed by atoms with Crippen LogP contribution in [-0.4, -0.2) is 61.4 Å². The van der Waals surface area contributed by atoms with Crippen LogP contribution in [0.25, 0.3) is 0 Å². The zero-order valence-corrected chi connectivity index (χ0v) is 17.1. The molecule has 1 aliphatic heterocycles. The summed E-state index contributed by atoms with van der Waals surface area (Å²) in [5, 5.41) is 4.76. The number of benzene rings is 2. The molecule has 2 aromatic carbocycles. The lowest BCUT2D eigenvalue weighted by atomic mass is 10.0. The van der Waals surface area contributed by atoms with Gasteiger partial charge in [0.25, 0.3) is 0 Å². The molecule has 8 heteroatoms. The molecule has 2 amide bonds. The van der Waals surface area contributed by atoms with Gasteiger partial charge >= 0.3 is 11.8 Å². The normalized spacial score (nSPS) is 16.1. The van der Waals surface area contributed by atoms with Gasteiger partial charge in [0.1, 0.15) is 11.6 Å². The van der Waals surface area contributed by atoms with E-state index < -0.39 is 23.4 Å². The quantitative estimate of drug-likeness (QED) is 0.735. The summed E-state index contributed by atoms with van der Waals surface area (Å²) in [5.74, 6) is -3.46. The second kappa shape index (κ2) is 9.77. The molecule has 1 atom stereocenters. The van der Waals surface area contributed by atoms with E-state index in [1.165, 1.54) is 0 Å². The van der Waals surface area contributed by atoms with Crippen molar-refractivity contribution >= 4 is 17.5 Å². The number of nitrogens with zero attached hydrogens (tertiary/aromatic N) is 2. The average molecular weight is 416 g/mol. The maximum atomic E-state index is 13.7. The molecular weight excluding hydrogens is 390 g/mol. The van der Waals surface area contributed by atoms with Crippen LogP contribution in [0.3, 0.4) is 0 Å². The van der Waals surface area contributed by atoms with Gasteiger partial charge in [-0.05, 0) is 31.7 Å². The van der Waals surface area contributed by atoms with Crippen molar-refractivity contribution in [2.45, 2.75) is 13.0 Å². The molecule has 0 aromatic heterocycles. The number of likely N-dealkylation sites (N-methyl/N-ethyl adjacent to an activating group) is 1. The fourth-order valence-electron chi connectivity index (χ4n) is 3.42. The fourth-order valence-corrected chi connectivity index (χ4v) is 3.42. The zero-order chi connectivity index (χ0) is 21.7. The first-order chi connectivity index (χ1) is 14.3. The summed E-state index contributed by atoms with van der Waals surface area (Å²) in [4.78, 5) is 29.0. The largest absolute Gasteiger partial charge is 0.346 e. The van der Waals surface area contributed by atoms with E-state index in [1.54, 1.807) is 0 Å². The van der Waals surface area contributed by atoms with Gasteiger partial charge in [-0.3, -0.25) is 14.5 Å². The second-order valence-corrected chi connectivity index (χ2v) is 7.55. The molecule has 2 aromatic rings. The Morgan fingerprint density at radius 1 is 1.00 bits per heavy atom. The number of halogens is 2. The SMILES string of the molecule is Cc1ccc([C@H](CNC(=O)C(=O)Nc2cc(F)ccc2F)N2CCN(C)CC2)cc1. The van der Waals surface area contributed by atoms with Crippen molar-refractivity contribution in [1.82, 2.24) is 15.1 Å². The summed E-state index contributed by atoms with van der Waals surface area (Å²) in [7, 11) is 2.07. The van der Waals surface area contributed by atoms with E-state index in [2.05, 4.69) is 27.5 Å². The molecule has 2 N–H and O–H groups in total. The predicted octanol–water partition coefficient (Wildman–Crippen LogP) is 2.32. The van der Waals surface area contributed by atoms with Crippen molar-refractivity contribution in [3.05, 3.63) is 65.2 Å². The standard InChI is InChI=1S/C22H26F2N4O2/c1-15-3-5-16(6-4-15)20(28-11-9-27(2)10-12-28)14-25-21(29)22(30)26-19-13-17(23)7-8-18(19)24/h3-8,13,20H,9-12,14H2,1-2H3,(H,25,29)(H,26,30)/t20-/m0/s1. The van der Waals surface area contributed by atoms with Crippen LogP contribution in [0.15, 0.2) is 42.5 Å². The first-order valence-electron chi connectivity index (χ1n) is 9.87. The first kappa shape index (κ1) is 21.9. The number of amides is 2. The lowest BCUT2D eigenvalue weighted by molar-refractivity contribution is -0.136. The monoisotopic (exact) mass is 416 g/mol. The number of piperazine rings is 1. The fraction of sp³-hybridized carbons (Fsp3) is 0.364. The Labute approximate surface area is 174 Å². The van der Waals surface area contributed by atoms with Gasteiger partial charge in [0.15, 0.2) is 0 Å². The summed E-state index contributed by atoms with van der Waals surface area (Å²) in [6.45, 7) is 5.74. The number of rotatable bonds is 5. The third-order valence-corrected chi connectivity index (χ3v) is 5.28. The summed E-state index contributed by atoms with van der Waals surface area (Å²) in [5.41, 5.74) is 1.81. The minimum atomic E-state index is -1.04. The van der Waals surface area contributed by atoms with Crippen LogP contribution in [0.5, 0.6) is 0 Å². The molecule has 1 aliphatic rings. The van der Waals surface area contributed by atoms with Crippen molar-refractivity contribution in [3.63, 3.8) is 0 Å². The van der Waals surface area contributed by atoms with Crippen LogP contribution in [0, 0.1) is 18.6 Å². The van der Waals surface area contributed by atoms with Crippen LogP contribution < -0.4 is 10.6 Å². The summed E-state index contributed by atoms with van der Waals surface area (Å²) in [6.07, 6.45) is 0. The van der Waals surface area contributed by atoms with Gasteiger partial charge in [-0.1, -0.05) is 29.8 Å². The van der Waals surface area contributed by atoms with Gasteiger partial charge in [-0.2, -0.15) is 0 Å². The maximum absolute atomic E-state index is 13.7. The predicted molar refractivity (Wildman–Crippen MR) is 111 cm³/mol. The van der Waals surface area contributed by atoms with Gasteiger partial charge in [0.05, 0.1) is 11.7 Å². The molecule has 0 unspecified atom stereocenters. The van der Waals surface area contributed by atoms with Crippen LogP contribution in [-0.2, 0) is 9.59 Å². The van der Waals surface area contributed by atoms with E-state index >= 15 is 0 Å². The highest BCUT2D eigenvalue weighted by molar-refractivity contribution is 6.39. The lowest BCUT2D eigenvalue weighted by Gasteiger charge is -2.38. The van der Waals surface area contributed by atoms with Gasteiger partial charge in [0.2, 0.25) is 0 Å². The molecule has 0 aliphatic carbocycles. The highest BCUT2D eigenvalue weighted by Gasteiger charge is 2.25. The first-order valence-corrected chi connectivity index (χ1v) is 9.87. The van der Waals surface area contributed by atoms with Crippen LogP contribution >= 0.6 is 0 Å². The highest BCUT2D eigenvalue weighted by atomic mass is 19.1. The van der Waals surface area contributed by atoms with Crippen molar-refractivity contribution in [2.75, 3.05) is 45.1 Å². The molecule has 6 nitrogen and oxygen atoms in total. The maximum Gasteiger partial charge on any atom is 0.313 e. The molecule has 3 rings (SSSR count). The Hall–Kier alpha value is -2.84. The van der Waals surface area contributed by atoms with Gasteiger partial charge in [0, 0.05) is 38.8 Å². The Morgan fingerprint density at radius 3 is 2.33 bits per heavy atom. The molecule has 1 fully saturated rings. The molecule has 1 heterocycles. The van der Waals surface area contributed by atoms with Crippen LogP contribution in [0.2, 0.25) is 0 Å². The highest BCUT2D eigenvalue weighted by Crippen LogP contribution is 2.22. The van der Waals surface area contributed by atoms with E-state index in [0.717, 1.165) is 55.5 Å². The molecule has 0 bridgehead atoms. The summed E-state index contributed by atoms with van der Waals surface area (Å²) in [6, 6.07) is 10.6. The van der Waals surface area contributed by atoms with E-state index in [-0.39, 0.29) is 18.3 Å². The Morgan fingerprint density at radius 2 is 1.67 bits per heavy atom. The zero-order valence-electron chi connectivity index (χ0n) is 17.1. The van der Waals surface area contributed by atoms with Crippen LogP contribution in [0.4, 0.5) is 14.5 Å². The van der Waals surface area contributed by atoms with Crippen molar-refractivity contribution in [3.8, 4) is 0 Å². The Bertz CT molecular complexity index is 897. The topological polar surface area (TPSA) is 64.7 Å². The molecule has 0 saturated carbocycles. The number of nitrogens with one attached hydrogen (secondary N) is 2. The minimum Gasteiger partial charge on any atom is -0.346 e. The number of anilines is 1. The minimum absolute atomic E-state index is 0.0954. The van der Waals surface area contributed by atoms with Crippen molar-refractivity contribution < 1.29 is 18.4 Å². The second-order valence-electron chi connectivity index (χ2n) is 7.55. The molecule has 30 heavy (non-hydrogen) atoms. The summed E-state index contributed by atoms with van der Waals surface area (Å²) >= 11 is 0. The van der Waals surface area contributed by atoms with E-state index in [1.807, 2.05) is 31.2 Å². The Balaban J connectivity index is 1.66. The number of hydrogen-bond acceptors (Lipinski definition) is 4. The van der Waals surface area contributed by atoms with Crippen molar-refractivity contribution in [2.24, 2.45) is 0 Å². The Kier molecular flexibility index (Phi) is 7.12.